The predicted molar refractivity (Wildman–Crippen MR) is 70.1 cm³/mol. The number of rotatable bonds is 4. The van der Waals surface area contributed by atoms with Crippen molar-refractivity contribution >= 4 is 11.3 Å². The highest BCUT2D eigenvalue weighted by atomic mass is 32.1. The zero-order valence-electron chi connectivity index (χ0n) is 10.5. The minimum Gasteiger partial charge on any atom is -0.322 e. The fourth-order valence-corrected chi connectivity index (χ4v) is 2.57. The lowest BCUT2D eigenvalue weighted by atomic mass is 10.1. The topological polar surface area (TPSA) is 56.7 Å². The van der Waals surface area contributed by atoms with E-state index in [1.54, 1.807) is 11.3 Å². The molecule has 1 unspecified atom stereocenters. The van der Waals surface area contributed by atoms with Crippen LogP contribution in [0, 0.1) is 13.8 Å². The molecule has 92 valence electrons. The second-order valence-corrected chi connectivity index (χ2v) is 5.26. The first-order valence-electron chi connectivity index (χ1n) is 5.81. The zero-order chi connectivity index (χ0) is 12.4. The van der Waals surface area contributed by atoms with E-state index in [9.17, 15) is 0 Å². The van der Waals surface area contributed by atoms with E-state index in [4.69, 9.17) is 5.73 Å². The quantitative estimate of drug-likeness (QED) is 0.905. The Morgan fingerprint density at radius 3 is 2.82 bits per heavy atom. The second kappa shape index (κ2) is 4.98. The maximum atomic E-state index is 6.23. The molecule has 0 bridgehead atoms. The van der Waals surface area contributed by atoms with Crippen LogP contribution in [0.3, 0.4) is 0 Å². The van der Waals surface area contributed by atoms with Crippen molar-refractivity contribution in [3.05, 3.63) is 33.5 Å². The zero-order valence-corrected chi connectivity index (χ0v) is 11.3. The molecule has 2 aromatic rings. The molecule has 0 fully saturated rings. The van der Waals surface area contributed by atoms with Crippen LogP contribution in [0.15, 0.2) is 11.4 Å². The first-order valence-corrected chi connectivity index (χ1v) is 6.69. The number of hydrogen-bond donors (Lipinski definition) is 1. The van der Waals surface area contributed by atoms with Crippen molar-refractivity contribution in [2.75, 3.05) is 0 Å². The molecule has 2 N–H and O–H groups in total. The molecule has 0 aliphatic rings. The minimum absolute atomic E-state index is 0.0300. The van der Waals surface area contributed by atoms with E-state index in [-0.39, 0.29) is 6.04 Å². The van der Waals surface area contributed by atoms with Crippen molar-refractivity contribution in [1.29, 1.82) is 0 Å². The van der Waals surface area contributed by atoms with Gasteiger partial charge in [0.05, 0.1) is 28.1 Å². The molecule has 0 saturated heterocycles. The van der Waals surface area contributed by atoms with E-state index in [0.29, 0.717) is 0 Å². The molecule has 0 amide bonds. The van der Waals surface area contributed by atoms with Crippen LogP contribution in [0.5, 0.6) is 0 Å². The maximum Gasteiger partial charge on any atom is 0.0897 e. The summed E-state index contributed by atoms with van der Waals surface area (Å²) in [6, 6.07) is 2.03. The number of thiazole rings is 1. The van der Waals surface area contributed by atoms with Gasteiger partial charge in [0.15, 0.2) is 0 Å². The fourth-order valence-electron chi connectivity index (χ4n) is 1.95. The Hall–Kier alpha value is -1.20. The molecule has 5 heteroatoms. The van der Waals surface area contributed by atoms with Crippen LogP contribution < -0.4 is 5.73 Å². The molecule has 2 heterocycles. The van der Waals surface area contributed by atoms with Crippen molar-refractivity contribution in [2.45, 2.75) is 39.8 Å². The van der Waals surface area contributed by atoms with Crippen molar-refractivity contribution in [1.82, 2.24) is 14.8 Å². The number of nitrogens with zero attached hydrogens (tertiary/aromatic N) is 3. The van der Waals surface area contributed by atoms with Crippen molar-refractivity contribution in [3.63, 3.8) is 0 Å². The number of nitrogens with two attached hydrogens (primary N) is 1. The predicted octanol–water partition coefficient (Wildman–Crippen LogP) is 2.22. The SMILES string of the molecule is CCn1nc(C)cc1C(N)Cc1csc(C)n1. The first-order chi connectivity index (χ1) is 8.10. The van der Waals surface area contributed by atoms with Crippen LogP contribution in [-0.2, 0) is 13.0 Å². The van der Waals surface area contributed by atoms with E-state index in [0.717, 1.165) is 35.1 Å². The van der Waals surface area contributed by atoms with Crippen LogP contribution in [0.1, 0.15) is 35.1 Å². The molecule has 0 saturated carbocycles. The van der Waals surface area contributed by atoms with Gasteiger partial charge in [-0.25, -0.2) is 4.98 Å². The maximum absolute atomic E-state index is 6.23. The van der Waals surface area contributed by atoms with Crippen LogP contribution in [0.25, 0.3) is 0 Å². The van der Waals surface area contributed by atoms with Crippen LogP contribution in [0.2, 0.25) is 0 Å². The summed E-state index contributed by atoms with van der Waals surface area (Å²) in [7, 11) is 0. The highest BCUT2D eigenvalue weighted by Crippen LogP contribution is 2.18. The Morgan fingerprint density at radius 2 is 2.24 bits per heavy atom. The Labute approximate surface area is 105 Å². The molecule has 0 radical (unpaired) electrons. The largest absolute Gasteiger partial charge is 0.322 e. The second-order valence-electron chi connectivity index (χ2n) is 4.19. The summed E-state index contributed by atoms with van der Waals surface area (Å²) < 4.78 is 1.97. The lowest BCUT2D eigenvalue weighted by Gasteiger charge is -2.11. The summed E-state index contributed by atoms with van der Waals surface area (Å²) in [6.45, 7) is 6.94. The van der Waals surface area contributed by atoms with Gasteiger partial charge in [-0.05, 0) is 26.8 Å². The van der Waals surface area contributed by atoms with E-state index in [1.165, 1.54) is 0 Å². The Balaban J connectivity index is 2.16. The highest BCUT2D eigenvalue weighted by molar-refractivity contribution is 7.09. The van der Waals surface area contributed by atoms with Gasteiger partial charge in [0, 0.05) is 18.3 Å². The van der Waals surface area contributed by atoms with Crippen molar-refractivity contribution in [2.24, 2.45) is 5.73 Å². The first kappa shape index (κ1) is 12.3. The molecule has 17 heavy (non-hydrogen) atoms. The normalized spacial score (nSPS) is 12.9. The van der Waals surface area contributed by atoms with E-state index in [1.807, 2.05) is 18.5 Å². The molecule has 2 rings (SSSR count). The third-order valence-electron chi connectivity index (χ3n) is 2.71. The summed E-state index contributed by atoms with van der Waals surface area (Å²) in [5.74, 6) is 0. The van der Waals surface area contributed by atoms with Crippen LogP contribution >= 0.6 is 11.3 Å². The van der Waals surface area contributed by atoms with E-state index in [2.05, 4.69) is 28.5 Å². The molecule has 4 nitrogen and oxygen atoms in total. The van der Waals surface area contributed by atoms with Gasteiger partial charge in [-0.15, -0.1) is 11.3 Å². The summed E-state index contributed by atoms with van der Waals surface area (Å²) in [5.41, 5.74) is 9.41. The van der Waals surface area contributed by atoms with Crippen molar-refractivity contribution < 1.29 is 0 Å². The Bertz CT molecular complexity index is 500. The van der Waals surface area contributed by atoms with Gasteiger partial charge in [0.1, 0.15) is 0 Å². The summed E-state index contributed by atoms with van der Waals surface area (Å²) in [4.78, 5) is 4.45. The molecule has 2 aromatic heterocycles. The monoisotopic (exact) mass is 250 g/mol. The summed E-state index contributed by atoms with van der Waals surface area (Å²) >= 11 is 1.67. The highest BCUT2D eigenvalue weighted by Gasteiger charge is 2.14. The Morgan fingerprint density at radius 1 is 1.47 bits per heavy atom. The lowest BCUT2D eigenvalue weighted by molar-refractivity contribution is 0.564. The standard InChI is InChI=1S/C12H18N4S/c1-4-16-12(5-8(2)15-16)11(13)6-10-7-17-9(3)14-10/h5,7,11H,4,6,13H2,1-3H3. The molecule has 0 spiro atoms. The third-order valence-corrected chi connectivity index (χ3v) is 3.53. The summed E-state index contributed by atoms with van der Waals surface area (Å²) in [6.07, 6.45) is 0.773. The minimum atomic E-state index is -0.0300. The average molecular weight is 250 g/mol. The van der Waals surface area contributed by atoms with E-state index >= 15 is 0 Å². The summed E-state index contributed by atoms with van der Waals surface area (Å²) in [5, 5.41) is 7.58. The van der Waals surface area contributed by atoms with Crippen LogP contribution in [-0.4, -0.2) is 14.8 Å². The smallest absolute Gasteiger partial charge is 0.0897 e. The molecule has 0 aliphatic carbocycles. The van der Waals surface area contributed by atoms with Gasteiger partial charge in [-0.3, -0.25) is 4.68 Å². The fraction of sp³-hybridized carbons (Fsp3) is 0.500. The van der Waals surface area contributed by atoms with Crippen LogP contribution in [0.4, 0.5) is 0 Å². The van der Waals surface area contributed by atoms with Gasteiger partial charge in [-0.2, -0.15) is 5.10 Å². The van der Waals surface area contributed by atoms with Crippen molar-refractivity contribution in [3.8, 4) is 0 Å². The average Bonchev–Trinajstić information content (AvgIpc) is 2.84. The Kier molecular flexibility index (Phi) is 3.59. The number of hydrogen-bond acceptors (Lipinski definition) is 4. The van der Waals surface area contributed by atoms with Gasteiger partial charge in [-0.1, -0.05) is 0 Å². The molecular weight excluding hydrogens is 232 g/mol. The van der Waals surface area contributed by atoms with Gasteiger partial charge < -0.3 is 5.73 Å². The third kappa shape index (κ3) is 2.73. The molecular formula is C12H18N4S. The van der Waals surface area contributed by atoms with Gasteiger partial charge >= 0.3 is 0 Å². The molecule has 0 aliphatic heterocycles. The van der Waals surface area contributed by atoms with Gasteiger partial charge in [0.2, 0.25) is 0 Å². The number of aromatic nitrogens is 3. The van der Waals surface area contributed by atoms with E-state index < -0.39 is 0 Å². The lowest BCUT2D eigenvalue weighted by Crippen LogP contribution is -2.18. The number of aryl methyl sites for hydroxylation is 3. The van der Waals surface area contributed by atoms with Gasteiger partial charge in [0.25, 0.3) is 0 Å². The molecule has 1 atom stereocenters. The molecule has 0 aromatic carbocycles.